The molecule has 0 bridgehead atoms. The predicted octanol–water partition coefficient (Wildman–Crippen LogP) is 1.04. The van der Waals surface area contributed by atoms with Crippen molar-refractivity contribution in [2.24, 2.45) is 0 Å². The summed E-state index contributed by atoms with van der Waals surface area (Å²) in [7, 11) is 0. The van der Waals surface area contributed by atoms with Crippen molar-refractivity contribution in [2.45, 2.75) is 32.9 Å². The lowest BCUT2D eigenvalue weighted by atomic mass is 10.3. The van der Waals surface area contributed by atoms with Crippen LogP contribution < -0.4 is 16.0 Å². The third kappa shape index (κ3) is 5.27. The lowest BCUT2D eigenvalue weighted by Gasteiger charge is -2.17. The van der Waals surface area contributed by atoms with Gasteiger partial charge in [0.1, 0.15) is 6.33 Å². The highest BCUT2D eigenvalue weighted by molar-refractivity contribution is 5.93. The van der Waals surface area contributed by atoms with Crippen LogP contribution in [0.1, 0.15) is 49.0 Å². The summed E-state index contributed by atoms with van der Waals surface area (Å²) in [5.41, 5.74) is 0.480. The Morgan fingerprint density at radius 3 is 2.64 bits per heavy atom. The molecule has 0 radical (unpaired) electrons. The lowest BCUT2D eigenvalue weighted by molar-refractivity contribution is 0.0953. The van der Waals surface area contributed by atoms with Crippen molar-refractivity contribution in [3.05, 3.63) is 42.2 Å². The van der Waals surface area contributed by atoms with Gasteiger partial charge in [0.25, 0.3) is 5.91 Å². The summed E-state index contributed by atoms with van der Waals surface area (Å²) in [6, 6.07) is 2.96. The fourth-order valence-corrected chi connectivity index (χ4v) is 2.22. The first-order valence-corrected chi connectivity index (χ1v) is 8.11. The van der Waals surface area contributed by atoms with Gasteiger partial charge >= 0.3 is 6.03 Å². The van der Waals surface area contributed by atoms with Crippen molar-refractivity contribution >= 4 is 11.9 Å². The molecule has 0 saturated heterocycles. The highest BCUT2D eigenvalue weighted by Gasteiger charge is 2.16. The van der Waals surface area contributed by atoms with Gasteiger partial charge in [0.05, 0.1) is 11.6 Å². The number of nitrogens with one attached hydrogen (secondary N) is 3. The quantitative estimate of drug-likeness (QED) is 0.649. The predicted molar refractivity (Wildman–Crippen MR) is 91.9 cm³/mol. The molecule has 0 aliphatic carbocycles. The van der Waals surface area contributed by atoms with Crippen LogP contribution in [0.2, 0.25) is 0 Å². The molecule has 0 spiro atoms. The van der Waals surface area contributed by atoms with E-state index in [1.54, 1.807) is 24.7 Å². The van der Waals surface area contributed by atoms with Crippen molar-refractivity contribution in [3.63, 3.8) is 0 Å². The van der Waals surface area contributed by atoms with E-state index in [0.29, 0.717) is 24.5 Å². The number of aromatic nitrogens is 4. The minimum Gasteiger partial charge on any atom is -0.350 e. The van der Waals surface area contributed by atoms with Crippen LogP contribution in [0.5, 0.6) is 0 Å². The van der Waals surface area contributed by atoms with Gasteiger partial charge in [-0.05, 0) is 32.9 Å². The Morgan fingerprint density at radius 2 is 1.96 bits per heavy atom. The Kier molecular flexibility index (Phi) is 6.44. The second-order valence-corrected chi connectivity index (χ2v) is 5.81. The number of pyridine rings is 1. The van der Waals surface area contributed by atoms with Gasteiger partial charge in [-0.1, -0.05) is 0 Å². The Bertz CT molecular complexity index is 700. The molecule has 3 N–H and O–H groups in total. The van der Waals surface area contributed by atoms with Gasteiger partial charge in [-0.2, -0.15) is 0 Å². The highest BCUT2D eigenvalue weighted by atomic mass is 16.2. The fraction of sp³-hybridized carbons (Fsp3) is 0.438. The molecule has 9 nitrogen and oxygen atoms in total. The first-order chi connectivity index (χ1) is 12.0. The number of hydrogen-bond donors (Lipinski definition) is 3. The van der Waals surface area contributed by atoms with E-state index in [0.717, 1.165) is 0 Å². The standard InChI is InChI=1S/C16H23N7O2/c1-11(2)23-10-20-22-14(23)12(3)21-16(25)19-8-7-18-15(24)13-5-4-6-17-9-13/h4-6,9-12H,7-8H2,1-3H3,(H,18,24)(H2,19,21,25)/t12-/m0/s1. The summed E-state index contributed by atoms with van der Waals surface area (Å²) >= 11 is 0. The normalized spacial score (nSPS) is 11.8. The van der Waals surface area contributed by atoms with Crippen LogP contribution in [-0.4, -0.2) is 44.8 Å². The maximum Gasteiger partial charge on any atom is 0.315 e. The maximum atomic E-state index is 11.9. The van der Waals surface area contributed by atoms with Crippen molar-refractivity contribution in [3.8, 4) is 0 Å². The third-order valence-corrected chi connectivity index (χ3v) is 3.51. The molecule has 1 atom stereocenters. The topological polar surface area (TPSA) is 114 Å². The summed E-state index contributed by atoms with van der Waals surface area (Å²) in [5.74, 6) is 0.462. The van der Waals surface area contributed by atoms with Crippen LogP contribution in [0.4, 0.5) is 4.79 Å². The summed E-state index contributed by atoms with van der Waals surface area (Å²) in [6.07, 6.45) is 4.73. The summed E-state index contributed by atoms with van der Waals surface area (Å²) < 4.78 is 1.90. The average Bonchev–Trinajstić information content (AvgIpc) is 3.09. The molecule has 2 rings (SSSR count). The van der Waals surface area contributed by atoms with Gasteiger partial charge in [-0.3, -0.25) is 9.78 Å². The first-order valence-electron chi connectivity index (χ1n) is 8.11. The molecule has 0 unspecified atom stereocenters. The van der Waals surface area contributed by atoms with E-state index in [2.05, 4.69) is 31.1 Å². The molecule has 9 heteroatoms. The van der Waals surface area contributed by atoms with Crippen molar-refractivity contribution in [1.82, 2.24) is 35.7 Å². The van der Waals surface area contributed by atoms with Crippen molar-refractivity contribution in [1.29, 1.82) is 0 Å². The summed E-state index contributed by atoms with van der Waals surface area (Å²) in [5, 5.41) is 16.1. The largest absolute Gasteiger partial charge is 0.350 e. The molecule has 2 aromatic heterocycles. The third-order valence-electron chi connectivity index (χ3n) is 3.51. The number of carbonyl (C=O) groups is 2. The molecular formula is C16H23N7O2. The molecule has 3 amide bonds. The van der Waals surface area contributed by atoms with Crippen molar-refractivity contribution < 1.29 is 9.59 Å². The Hall–Kier alpha value is -2.97. The van der Waals surface area contributed by atoms with E-state index in [4.69, 9.17) is 0 Å². The molecule has 25 heavy (non-hydrogen) atoms. The van der Waals surface area contributed by atoms with Gasteiger partial charge in [-0.15, -0.1) is 10.2 Å². The number of rotatable bonds is 7. The van der Waals surface area contributed by atoms with Crippen LogP contribution in [-0.2, 0) is 0 Å². The molecule has 2 aromatic rings. The minimum atomic E-state index is -0.332. The SMILES string of the molecule is CC(C)n1cnnc1[C@H](C)NC(=O)NCCNC(=O)c1cccnc1. The Labute approximate surface area is 146 Å². The zero-order valence-electron chi connectivity index (χ0n) is 14.6. The number of urea groups is 1. The molecule has 0 fully saturated rings. The Balaban J connectivity index is 1.72. The van der Waals surface area contributed by atoms with E-state index in [1.165, 1.54) is 6.20 Å². The number of amides is 3. The van der Waals surface area contributed by atoms with E-state index >= 15 is 0 Å². The first kappa shape index (κ1) is 18.4. The summed E-state index contributed by atoms with van der Waals surface area (Å²) in [6.45, 7) is 6.50. The van der Waals surface area contributed by atoms with Gasteiger partial charge < -0.3 is 20.5 Å². The maximum absolute atomic E-state index is 11.9. The van der Waals surface area contributed by atoms with Gasteiger partial charge in [0.2, 0.25) is 0 Å². The van der Waals surface area contributed by atoms with E-state index in [-0.39, 0.29) is 24.0 Å². The van der Waals surface area contributed by atoms with Gasteiger partial charge in [0, 0.05) is 31.5 Å². The van der Waals surface area contributed by atoms with Crippen molar-refractivity contribution in [2.75, 3.05) is 13.1 Å². The zero-order chi connectivity index (χ0) is 18.2. The second kappa shape index (κ2) is 8.76. The van der Waals surface area contributed by atoms with E-state index < -0.39 is 0 Å². The fourth-order valence-electron chi connectivity index (χ4n) is 2.22. The average molecular weight is 345 g/mol. The molecule has 2 heterocycles. The van der Waals surface area contributed by atoms with Crippen LogP contribution >= 0.6 is 0 Å². The molecule has 134 valence electrons. The minimum absolute atomic E-state index is 0.208. The Morgan fingerprint density at radius 1 is 1.20 bits per heavy atom. The smallest absolute Gasteiger partial charge is 0.315 e. The lowest BCUT2D eigenvalue weighted by Crippen LogP contribution is -2.41. The van der Waals surface area contributed by atoms with Crippen LogP contribution in [0, 0.1) is 0 Å². The molecule has 0 aromatic carbocycles. The summed E-state index contributed by atoms with van der Waals surface area (Å²) in [4.78, 5) is 27.7. The number of hydrogen-bond acceptors (Lipinski definition) is 5. The van der Waals surface area contributed by atoms with Gasteiger partial charge in [-0.25, -0.2) is 4.79 Å². The number of carbonyl (C=O) groups excluding carboxylic acids is 2. The molecule has 0 aliphatic rings. The molecule has 0 saturated carbocycles. The van der Waals surface area contributed by atoms with Crippen LogP contribution in [0.25, 0.3) is 0 Å². The second-order valence-electron chi connectivity index (χ2n) is 5.81. The van der Waals surface area contributed by atoms with E-state index in [1.807, 2.05) is 25.3 Å². The van der Waals surface area contributed by atoms with E-state index in [9.17, 15) is 9.59 Å². The number of nitrogens with zero attached hydrogens (tertiary/aromatic N) is 4. The monoisotopic (exact) mass is 345 g/mol. The molecular weight excluding hydrogens is 322 g/mol. The van der Waals surface area contributed by atoms with Crippen LogP contribution in [0.3, 0.4) is 0 Å². The van der Waals surface area contributed by atoms with Gasteiger partial charge in [0.15, 0.2) is 5.82 Å². The molecule has 0 aliphatic heterocycles. The zero-order valence-corrected chi connectivity index (χ0v) is 14.6. The highest BCUT2D eigenvalue weighted by Crippen LogP contribution is 2.13. The van der Waals surface area contributed by atoms with Crippen LogP contribution in [0.15, 0.2) is 30.9 Å².